The Kier molecular flexibility index (Phi) is 5.56. The van der Waals surface area contributed by atoms with E-state index >= 15 is 0 Å². The summed E-state index contributed by atoms with van der Waals surface area (Å²) in [4.78, 5) is 15.3. The van der Waals surface area contributed by atoms with Crippen LogP contribution in [0.1, 0.15) is 6.42 Å². The first-order valence-electron chi connectivity index (χ1n) is 4.26. The molecule has 6 heteroatoms. The number of hydrogen-bond donors (Lipinski definition) is 1. The second-order valence-electron chi connectivity index (χ2n) is 2.80. The van der Waals surface area contributed by atoms with E-state index in [2.05, 4.69) is 42.2 Å². The Hall–Kier alpha value is -0.130. The Morgan fingerprint density at radius 1 is 1.60 bits per heavy atom. The number of halogens is 3. The molecule has 0 fully saturated rings. The largest absolute Gasteiger partial charge is 0.310 e. The predicted octanol–water partition coefficient (Wildman–Crippen LogP) is 3.22. The second kappa shape index (κ2) is 6.45. The van der Waals surface area contributed by atoms with Crippen molar-refractivity contribution in [1.29, 1.82) is 0 Å². The lowest BCUT2D eigenvalue weighted by Gasteiger charge is -2.08. The van der Waals surface area contributed by atoms with Crippen LogP contribution in [0.2, 0.25) is 5.02 Å². The minimum absolute atomic E-state index is 0.107. The van der Waals surface area contributed by atoms with Gasteiger partial charge in [-0.25, -0.2) is 4.98 Å². The van der Waals surface area contributed by atoms with Gasteiger partial charge in [-0.2, -0.15) is 0 Å². The summed E-state index contributed by atoms with van der Waals surface area (Å²) in [7, 11) is 0. The molecular weight excluding hydrogens is 347 g/mol. The first kappa shape index (κ1) is 12.9. The van der Waals surface area contributed by atoms with E-state index in [4.69, 9.17) is 11.6 Å². The molecular formula is C9H9Br2ClN2O. The van der Waals surface area contributed by atoms with Crippen LogP contribution in [0.15, 0.2) is 18.3 Å². The van der Waals surface area contributed by atoms with Gasteiger partial charge in [0.05, 0.1) is 9.85 Å². The van der Waals surface area contributed by atoms with Crippen molar-refractivity contribution in [3.63, 3.8) is 0 Å². The summed E-state index contributed by atoms with van der Waals surface area (Å²) in [6, 6.07) is 3.34. The number of hydrogen-bond acceptors (Lipinski definition) is 2. The number of carbonyl (C=O) groups is 1. The lowest BCUT2D eigenvalue weighted by atomic mass is 10.3. The summed E-state index contributed by atoms with van der Waals surface area (Å²) in [6.45, 7) is 0. The normalized spacial score (nSPS) is 12.2. The maximum Gasteiger partial charge on any atom is 0.239 e. The van der Waals surface area contributed by atoms with Gasteiger partial charge in [0.15, 0.2) is 0 Å². The van der Waals surface area contributed by atoms with Gasteiger partial charge in [-0.05, 0) is 18.6 Å². The summed E-state index contributed by atoms with van der Waals surface area (Å²) >= 11 is 12.2. The van der Waals surface area contributed by atoms with E-state index < -0.39 is 0 Å². The van der Waals surface area contributed by atoms with E-state index in [-0.39, 0.29) is 10.7 Å². The molecule has 0 radical (unpaired) electrons. The number of nitrogens with one attached hydrogen (secondary N) is 1. The highest BCUT2D eigenvalue weighted by Crippen LogP contribution is 2.13. The lowest BCUT2D eigenvalue weighted by Crippen LogP contribution is -2.23. The van der Waals surface area contributed by atoms with E-state index in [0.29, 0.717) is 10.8 Å². The Balaban J connectivity index is 2.54. The van der Waals surface area contributed by atoms with Crippen molar-refractivity contribution in [3.05, 3.63) is 23.4 Å². The maximum atomic E-state index is 11.5. The summed E-state index contributed by atoms with van der Waals surface area (Å²) in [5, 5.41) is 3.99. The van der Waals surface area contributed by atoms with E-state index in [0.717, 1.165) is 11.8 Å². The topological polar surface area (TPSA) is 42.0 Å². The quantitative estimate of drug-likeness (QED) is 0.842. The molecule has 15 heavy (non-hydrogen) atoms. The van der Waals surface area contributed by atoms with E-state index in [1.165, 1.54) is 6.20 Å². The van der Waals surface area contributed by atoms with Crippen LogP contribution in [0.4, 0.5) is 5.82 Å². The molecule has 1 N–H and O–H groups in total. The molecule has 0 aliphatic rings. The zero-order valence-corrected chi connectivity index (χ0v) is 11.6. The smallest absolute Gasteiger partial charge is 0.239 e. The van der Waals surface area contributed by atoms with Crippen LogP contribution in [-0.2, 0) is 4.79 Å². The number of anilines is 1. The SMILES string of the molecule is O=C(Nc1ccc(Cl)cn1)C(Br)CCBr. The van der Waals surface area contributed by atoms with Crippen LogP contribution in [0, 0.1) is 0 Å². The van der Waals surface area contributed by atoms with Crippen LogP contribution in [0.3, 0.4) is 0 Å². The lowest BCUT2D eigenvalue weighted by molar-refractivity contribution is -0.115. The first-order chi connectivity index (χ1) is 7.13. The van der Waals surface area contributed by atoms with Gasteiger partial charge in [-0.1, -0.05) is 43.5 Å². The van der Waals surface area contributed by atoms with Gasteiger partial charge in [0, 0.05) is 11.5 Å². The molecule has 0 bridgehead atoms. The number of nitrogens with zero attached hydrogens (tertiary/aromatic N) is 1. The van der Waals surface area contributed by atoms with Gasteiger partial charge in [0.2, 0.25) is 5.91 Å². The monoisotopic (exact) mass is 354 g/mol. The van der Waals surface area contributed by atoms with Gasteiger partial charge in [-0.15, -0.1) is 0 Å². The Morgan fingerprint density at radius 2 is 2.33 bits per heavy atom. The average molecular weight is 356 g/mol. The van der Waals surface area contributed by atoms with Gasteiger partial charge in [0.1, 0.15) is 5.82 Å². The zero-order chi connectivity index (χ0) is 11.3. The summed E-state index contributed by atoms with van der Waals surface area (Å²) < 4.78 is 0. The molecule has 0 saturated carbocycles. The fourth-order valence-corrected chi connectivity index (χ4v) is 2.41. The van der Waals surface area contributed by atoms with Crippen molar-refractivity contribution < 1.29 is 4.79 Å². The number of pyridine rings is 1. The molecule has 82 valence electrons. The van der Waals surface area contributed by atoms with Gasteiger partial charge < -0.3 is 5.32 Å². The van der Waals surface area contributed by atoms with Gasteiger partial charge in [-0.3, -0.25) is 4.79 Å². The third kappa shape index (κ3) is 4.49. The Bertz CT molecular complexity index is 331. The molecule has 0 spiro atoms. The Labute approximate surface area is 110 Å². The minimum atomic E-state index is -0.214. The minimum Gasteiger partial charge on any atom is -0.310 e. The first-order valence-corrected chi connectivity index (χ1v) is 6.67. The third-order valence-corrected chi connectivity index (χ3v) is 3.18. The second-order valence-corrected chi connectivity index (χ2v) is 5.13. The molecule has 1 heterocycles. The van der Waals surface area contributed by atoms with Crippen molar-refractivity contribution in [2.45, 2.75) is 11.2 Å². The summed E-state index contributed by atoms with van der Waals surface area (Å²) in [5.41, 5.74) is 0. The maximum absolute atomic E-state index is 11.5. The molecule has 1 amide bonds. The number of amides is 1. The highest BCUT2D eigenvalue weighted by molar-refractivity contribution is 9.10. The Morgan fingerprint density at radius 3 is 2.87 bits per heavy atom. The third-order valence-electron chi connectivity index (χ3n) is 1.63. The molecule has 0 saturated heterocycles. The van der Waals surface area contributed by atoms with E-state index in [9.17, 15) is 4.79 Å². The molecule has 1 rings (SSSR count). The van der Waals surface area contributed by atoms with E-state index in [1.807, 2.05) is 0 Å². The predicted molar refractivity (Wildman–Crippen MR) is 69.0 cm³/mol. The van der Waals surface area contributed by atoms with Crippen LogP contribution in [0.5, 0.6) is 0 Å². The molecule has 1 aromatic heterocycles. The van der Waals surface area contributed by atoms with Crippen LogP contribution in [-0.4, -0.2) is 21.0 Å². The molecule has 0 aliphatic heterocycles. The van der Waals surface area contributed by atoms with Gasteiger partial charge >= 0.3 is 0 Å². The van der Waals surface area contributed by atoms with Crippen LogP contribution in [0.25, 0.3) is 0 Å². The molecule has 0 aromatic carbocycles. The number of aromatic nitrogens is 1. The van der Waals surface area contributed by atoms with Crippen LogP contribution < -0.4 is 5.32 Å². The number of rotatable bonds is 4. The fraction of sp³-hybridized carbons (Fsp3) is 0.333. The van der Waals surface area contributed by atoms with Crippen molar-refractivity contribution in [2.75, 3.05) is 10.6 Å². The number of alkyl halides is 2. The average Bonchev–Trinajstić information content (AvgIpc) is 2.22. The van der Waals surface area contributed by atoms with Crippen LogP contribution >= 0.6 is 43.5 Å². The standard InChI is InChI=1S/C9H9Br2ClN2O/c10-4-3-7(11)9(15)14-8-2-1-6(12)5-13-8/h1-2,5,7H,3-4H2,(H,13,14,15). The fourth-order valence-electron chi connectivity index (χ4n) is 0.881. The molecule has 1 unspecified atom stereocenters. The number of carbonyl (C=O) groups excluding carboxylic acids is 1. The zero-order valence-electron chi connectivity index (χ0n) is 7.71. The van der Waals surface area contributed by atoms with Crippen molar-refractivity contribution >= 4 is 55.2 Å². The van der Waals surface area contributed by atoms with E-state index in [1.54, 1.807) is 12.1 Å². The summed E-state index contributed by atoms with van der Waals surface area (Å²) in [5.74, 6) is 0.396. The van der Waals surface area contributed by atoms with Gasteiger partial charge in [0.25, 0.3) is 0 Å². The molecule has 1 atom stereocenters. The summed E-state index contributed by atoms with van der Waals surface area (Å²) in [6.07, 6.45) is 2.21. The molecule has 0 aliphatic carbocycles. The molecule has 1 aromatic rings. The highest BCUT2D eigenvalue weighted by Gasteiger charge is 2.14. The van der Waals surface area contributed by atoms with Crippen molar-refractivity contribution in [1.82, 2.24) is 4.98 Å². The van der Waals surface area contributed by atoms with Crippen molar-refractivity contribution in [2.24, 2.45) is 0 Å². The van der Waals surface area contributed by atoms with Crippen molar-refractivity contribution in [3.8, 4) is 0 Å². The highest BCUT2D eigenvalue weighted by atomic mass is 79.9. The molecule has 3 nitrogen and oxygen atoms in total.